The second-order valence-corrected chi connectivity index (χ2v) is 6.51. The zero-order chi connectivity index (χ0) is 14.2. The largest absolute Gasteiger partial charge is 0.348 e. The van der Waals surface area contributed by atoms with Gasteiger partial charge in [-0.25, -0.2) is 0 Å². The lowest BCUT2D eigenvalue weighted by atomic mass is 9.78. The molecule has 0 radical (unpaired) electrons. The maximum atomic E-state index is 12.4. The first-order chi connectivity index (χ1) is 8.91. The third-order valence-corrected chi connectivity index (χ3v) is 5.34. The van der Waals surface area contributed by atoms with Gasteiger partial charge in [0.15, 0.2) is 0 Å². The summed E-state index contributed by atoms with van der Waals surface area (Å²) in [7, 11) is 1.81. The first kappa shape index (κ1) is 14.6. The molecule has 1 amide bonds. The summed E-state index contributed by atoms with van der Waals surface area (Å²) in [6.07, 6.45) is 3.54. The molecule has 0 bridgehead atoms. The summed E-state index contributed by atoms with van der Waals surface area (Å²) >= 11 is 3.45. The molecular weight excluding hydrogens is 306 g/mol. The number of hydrogen-bond donors (Lipinski definition) is 1. The number of nitrogens with one attached hydrogen (secondary N) is 1. The summed E-state index contributed by atoms with van der Waals surface area (Å²) in [5.41, 5.74) is 1.46. The van der Waals surface area contributed by atoms with E-state index in [1.54, 1.807) is 11.7 Å². The van der Waals surface area contributed by atoms with Crippen LogP contribution in [0.25, 0.3) is 0 Å². The topological polar surface area (TPSA) is 46.9 Å². The van der Waals surface area contributed by atoms with Crippen LogP contribution in [0, 0.1) is 18.8 Å². The Bertz CT molecular complexity index is 483. The molecule has 1 aliphatic rings. The number of rotatable bonds is 2. The monoisotopic (exact) mass is 327 g/mol. The van der Waals surface area contributed by atoms with Crippen molar-refractivity contribution in [1.82, 2.24) is 15.1 Å². The zero-order valence-corrected chi connectivity index (χ0v) is 13.6. The highest BCUT2D eigenvalue weighted by atomic mass is 79.9. The van der Waals surface area contributed by atoms with Crippen molar-refractivity contribution in [2.75, 3.05) is 0 Å². The van der Waals surface area contributed by atoms with Crippen LogP contribution in [0.4, 0.5) is 0 Å². The van der Waals surface area contributed by atoms with E-state index in [1.165, 1.54) is 12.8 Å². The van der Waals surface area contributed by atoms with Gasteiger partial charge in [0.05, 0.1) is 10.2 Å². The molecule has 1 saturated carbocycles. The van der Waals surface area contributed by atoms with E-state index < -0.39 is 0 Å². The summed E-state index contributed by atoms with van der Waals surface area (Å²) in [6, 6.07) is 0.276. The fourth-order valence-corrected chi connectivity index (χ4v) is 3.42. The summed E-state index contributed by atoms with van der Waals surface area (Å²) in [6.45, 7) is 6.40. The number of carbonyl (C=O) groups excluding carboxylic acids is 1. The lowest BCUT2D eigenvalue weighted by Crippen LogP contribution is -2.44. The van der Waals surface area contributed by atoms with E-state index in [0.717, 1.165) is 16.6 Å². The molecule has 3 atom stereocenters. The van der Waals surface area contributed by atoms with Gasteiger partial charge in [-0.05, 0) is 41.1 Å². The summed E-state index contributed by atoms with van der Waals surface area (Å²) in [5, 5.41) is 7.45. The third kappa shape index (κ3) is 2.86. The van der Waals surface area contributed by atoms with Gasteiger partial charge in [0.25, 0.3) is 5.91 Å². The van der Waals surface area contributed by atoms with Gasteiger partial charge in [-0.2, -0.15) is 5.10 Å². The number of amides is 1. The molecule has 19 heavy (non-hydrogen) atoms. The van der Waals surface area contributed by atoms with Crippen molar-refractivity contribution in [1.29, 1.82) is 0 Å². The number of halogens is 1. The molecule has 2 rings (SSSR count). The van der Waals surface area contributed by atoms with E-state index in [2.05, 4.69) is 40.2 Å². The van der Waals surface area contributed by atoms with Gasteiger partial charge in [-0.1, -0.05) is 26.7 Å². The predicted molar refractivity (Wildman–Crippen MR) is 79.1 cm³/mol. The molecule has 0 aliphatic heterocycles. The molecule has 1 aromatic rings. The van der Waals surface area contributed by atoms with Crippen LogP contribution in [-0.2, 0) is 7.05 Å². The van der Waals surface area contributed by atoms with Crippen LogP contribution in [0.3, 0.4) is 0 Å². The molecule has 1 N–H and O–H groups in total. The quantitative estimate of drug-likeness (QED) is 0.907. The van der Waals surface area contributed by atoms with Crippen LogP contribution in [0.2, 0.25) is 0 Å². The molecule has 1 heterocycles. The van der Waals surface area contributed by atoms with Crippen molar-refractivity contribution in [3.8, 4) is 0 Å². The third-order valence-electron chi connectivity index (χ3n) is 4.39. The maximum absolute atomic E-state index is 12.4. The standard InChI is InChI=1S/C14H22BrN3O/c1-8-6-5-7-11(9(8)2)16-14(19)13-12(15)10(3)17-18(13)4/h8-9,11H,5-7H2,1-4H3,(H,16,19)/t8-,9+,11+/m1/s1. The highest BCUT2D eigenvalue weighted by Gasteiger charge is 2.29. The molecule has 1 aliphatic carbocycles. The van der Waals surface area contributed by atoms with Crippen molar-refractivity contribution < 1.29 is 4.79 Å². The number of aromatic nitrogens is 2. The highest BCUT2D eigenvalue weighted by molar-refractivity contribution is 9.10. The second-order valence-electron chi connectivity index (χ2n) is 5.72. The Morgan fingerprint density at radius 3 is 2.68 bits per heavy atom. The minimum atomic E-state index is -0.0269. The summed E-state index contributed by atoms with van der Waals surface area (Å²) in [5.74, 6) is 1.18. The zero-order valence-electron chi connectivity index (χ0n) is 12.0. The summed E-state index contributed by atoms with van der Waals surface area (Å²) < 4.78 is 2.44. The van der Waals surface area contributed by atoms with Gasteiger partial charge in [0, 0.05) is 13.1 Å². The Labute approximate surface area is 123 Å². The van der Waals surface area contributed by atoms with Crippen molar-refractivity contribution in [2.24, 2.45) is 18.9 Å². The predicted octanol–water partition coefficient (Wildman–Crippen LogP) is 3.05. The fourth-order valence-electron chi connectivity index (χ4n) is 2.90. The highest BCUT2D eigenvalue weighted by Crippen LogP contribution is 2.30. The van der Waals surface area contributed by atoms with E-state index in [-0.39, 0.29) is 11.9 Å². The van der Waals surface area contributed by atoms with Crippen LogP contribution in [0.15, 0.2) is 4.47 Å². The van der Waals surface area contributed by atoms with E-state index >= 15 is 0 Å². The van der Waals surface area contributed by atoms with Crippen molar-refractivity contribution >= 4 is 21.8 Å². The average molecular weight is 328 g/mol. The number of aryl methyl sites for hydroxylation is 2. The van der Waals surface area contributed by atoms with Gasteiger partial charge < -0.3 is 5.32 Å². The minimum Gasteiger partial charge on any atom is -0.348 e. The number of carbonyl (C=O) groups is 1. The average Bonchev–Trinajstić information content (AvgIpc) is 2.59. The van der Waals surface area contributed by atoms with Crippen molar-refractivity contribution in [3.05, 3.63) is 15.9 Å². The normalized spacial score (nSPS) is 27.3. The molecule has 0 aromatic carbocycles. The molecule has 1 aromatic heterocycles. The Balaban J connectivity index is 2.12. The Hall–Kier alpha value is -0.840. The Morgan fingerprint density at radius 1 is 1.42 bits per heavy atom. The molecule has 0 saturated heterocycles. The second kappa shape index (κ2) is 5.65. The van der Waals surface area contributed by atoms with E-state index in [0.29, 0.717) is 17.5 Å². The first-order valence-electron chi connectivity index (χ1n) is 6.91. The van der Waals surface area contributed by atoms with Crippen molar-refractivity contribution in [3.63, 3.8) is 0 Å². The molecule has 106 valence electrons. The molecule has 4 nitrogen and oxygen atoms in total. The molecular formula is C14H22BrN3O. The number of hydrogen-bond acceptors (Lipinski definition) is 2. The molecule has 5 heteroatoms. The van der Waals surface area contributed by atoms with Gasteiger partial charge in [-0.3, -0.25) is 9.48 Å². The van der Waals surface area contributed by atoms with Crippen LogP contribution < -0.4 is 5.32 Å². The van der Waals surface area contributed by atoms with Crippen LogP contribution in [0.1, 0.15) is 49.3 Å². The minimum absolute atomic E-state index is 0.0269. The van der Waals surface area contributed by atoms with Crippen molar-refractivity contribution in [2.45, 2.75) is 46.1 Å². The van der Waals surface area contributed by atoms with Crippen LogP contribution in [0.5, 0.6) is 0 Å². The SMILES string of the molecule is Cc1nn(C)c(C(=O)N[C@H]2CCC[C@@H](C)[C@@H]2C)c1Br. The summed E-state index contributed by atoms with van der Waals surface area (Å²) in [4.78, 5) is 12.4. The maximum Gasteiger partial charge on any atom is 0.270 e. The smallest absolute Gasteiger partial charge is 0.270 e. The van der Waals surface area contributed by atoms with Gasteiger partial charge in [0.1, 0.15) is 5.69 Å². The Morgan fingerprint density at radius 2 is 2.11 bits per heavy atom. The lowest BCUT2D eigenvalue weighted by molar-refractivity contribution is 0.0880. The van der Waals surface area contributed by atoms with Gasteiger partial charge in [0.2, 0.25) is 0 Å². The molecule has 0 unspecified atom stereocenters. The fraction of sp³-hybridized carbons (Fsp3) is 0.714. The van der Waals surface area contributed by atoms with Crippen LogP contribution in [-0.4, -0.2) is 21.7 Å². The van der Waals surface area contributed by atoms with E-state index in [4.69, 9.17) is 0 Å². The van der Waals surface area contributed by atoms with Gasteiger partial charge in [-0.15, -0.1) is 0 Å². The van der Waals surface area contributed by atoms with Crippen LogP contribution >= 0.6 is 15.9 Å². The number of nitrogens with zero attached hydrogens (tertiary/aromatic N) is 2. The molecule has 1 fully saturated rings. The van der Waals surface area contributed by atoms with E-state index in [9.17, 15) is 4.79 Å². The first-order valence-corrected chi connectivity index (χ1v) is 7.71. The lowest BCUT2D eigenvalue weighted by Gasteiger charge is -2.34. The Kier molecular flexibility index (Phi) is 4.33. The molecule has 0 spiro atoms. The van der Waals surface area contributed by atoms with Gasteiger partial charge >= 0.3 is 0 Å². The van der Waals surface area contributed by atoms with E-state index in [1.807, 2.05) is 6.92 Å².